The summed E-state index contributed by atoms with van der Waals surface area (Å²) in [6.45, 7) is 2.11. The molecule has 1 unspecified atom stereocenters. The van der Waals surface area contributed by atoms with Crippen molar-refractivity contribution >= 4 is 11.8 Å². The highest BCUT2D eigenvalue weighted by atomic mass is 32.2. The number of rotatable bonds is 3. The lowest BCUT2D eigenvalue weighted by Crippen LogP contribution is -1.95. The average Bonchev–Trinajstić information content (AvgIpc) is 2.75. The minimum Gasteiger partial charge on any atom is -0.312 e. The molecule has 0 N–H and O–H groups in total. The molecule has 0 fully saturated rings. The zero-order valence-corrected chi connectivity index (χ0v) is 10.5. The van der Waals surface area contributed by atoms with Gasteiger partial charge in [0.1, 0.15) is 12.0 Å². The average molecular weight is 244 g/mol. The zero-order chi connectivity index (χ0) is 12.3. The summed E-state index contributed by atoms with van der Waals surface area (Å²) in [5.41, 5.74) is 1.80. The van der Waals surface area contributed by atoms with Crippen molar-refractivity contribution in [1.82, 2.24) is 19.7 Å². The van der Waals surface area contributed by atoms with Crippen LogP contribution in [-0.2, 0) is 7.05 Å². The third-order valence-electron chi connectivity index (χ3n) is 2.35. The van der Waals surface area contributed by atoms with Gasteiger partial charge in [-0.1, -0.05) is 17.7 Å². The Kier molecular flexibility index (Phi) is 3.45. The summed E-state index contributed by atoms with van der Waals surface area (Å²) >= 11 is 1.64. The molecule has 0 saturated carbocycles. The van der Waals surface area contributed by atoms with Crippen LogP contribution in [-0.4, -0.2) is 19.7 Å². The van der Waals surface area contributed by atoms with Crippen molar-refractivity contribution in [2.24, 2.45) is 7.05 Å². The minimum absolute atomic E-state index is 0.257. The summed E-state index contributed by atoms with van der Waals surface area (Å²) in [4.78, 5) is 4.08. The monoisotopic (exact) mass is 244 g/mol. The number of aromatic nitrogens is 4. The van der Waals surface area contributed by atoms with E-state index < -0.39 is 0 Å². The maximum absolute atomic E-state index is 5.33. The number of hydrogen-bond donors (Lipinski definition) is 0. The summed E-state index contributed by atoms with van der Waals surface area (Å²) in [7, 11) is 1.93. The Morgan fingerprint density at radius 2 is 2.35 bits per heavy atom. The molecule has 0 aliphatic rings. The van der Waals surface area contributed by atoms with E-state index >= 15 is 0 Å². The van der Waals surface area contributed by atoms with Gasteiger partial charge in [0.05, 0.1) is 0 Å². The molecule has 0 aliphatic carbocycles. The van der Waals surface area contributed by atoms with Gasteiger partial charge >= 0.3 is 0 Å². The molecular weight excluding hydrogens is 232 g/mol. The molecule has 5 heteroatoms. The highest BCUT2D eigenvalue weighted by molar-refractivity contribution is 7.99. The molecule has 0 saturated heterocycles. The van der Waals surface area contributed by atoms with E-state index in [-0.39, 0.29) is 5.25 Å². The summed E-state index contributed by atoms with van der Waals surface area (Å²) in [5, 5.41) is 9.04. The number of terminal acetylenes is 1. The lowest BCUT2D eigenvalue weighted by Gasteiger charge is -2.10. The van der Waals surface area contributed by atoms with E-state index in [1.54, 1.807) is 24.3 Å². The summed E-state index contributed by atoms with van der Waals surface area (Å²) < 4.78 is 1.89. The predicted molar refractivity (Wildman–Crippen MR) is 67.4 cm³/mol. The van der Waals surface area contributed by atoms with Gasteiger partial charge in [0.2, 0.25) is 0 Å². The molecule has 0 aliphatic heterocycles. The number of aryl methyl sites for hydroxylation is 1. The van der Waals surface area contributed by atoms with Crippen LogP contribution in [0.4, 0.5) is 0 Å². The van der Waals surface area contributed by atoms with Crippen LogP contribution in [0.5, 0.6) is 0 Å². The molecule has 2 aromatic rings. The molecule has 17 heavy (non-hydrogen) atoms. The minimum atomic E-state index is 0.257. The molecule has 1 atom stereocenters. The normalized spacial score (nSPS) is 12.1. The van der Waals surface area contributed by atoms with Crippen molar-refractivity contribution in [1.29, 1.82) is 0 Å². The van der Waals surface area contributed by atoms with E-state index in [2.05, 4.69) is 28.0 Å². The van der Waals surface area contributed by atoms with Crippen LogP contribution in [0.2, 0.25) is 0 Å². The third-order valence-corrected chi connectivity index (χ3v) is 3.56. The van der Waals surface area contributed by atoms with Crippen molar-refractivity contribution in [3.63, 3.8) is 0 Å². The standard InChI is InChI=1S/C12H12N4S/c1-4-11-7-10(5-6-13-11)9(2)17-12-15-14-8-16(12)3/h1,5-9H,2-3H3. The van der Waals surface area contributed by atoms with Crippen LogP contribution >= 0.6 is 11.8 Å². The summed E-state index contributed by atoms with van der Waals surface area (Å²) in [6.07, 6.45) is 8.76. The second-order valence-electron chi connectivity index (χ2n) is 3.60. The van der Waals surface area contributed by atoms with E-state index in [9.17, 15) is 0 Å². The van der Waals surface area contributed by atoms with Gasteiger partial charge in [-0.05, 0) is 24.6 Å². The highest BCUT2D eigenvalue weighted by Gasteiger charge is 2.11. The molecule has 0 aromatic carbocycles. The Morgan fingerprint density at radius 1 is 1.53 bits per heavy atom. The molecule has 0 spiro atoms. The summed E-state index contributed by atoms with van der Waals surface area (Å²) in [5.74, 6) is 2.54. The zero-order valence-electron chi connectivity index (χ0n) is 9.66. The third kappa shape index (κ3) is 2.66. The quantitative estimate of drug-likeness (QED) is 0.612. The number of hydrogen-bond acceptors (Lipinski definition) is 4. The van der Waals surface area contributed by atoms with Gasteiger partial charge in [0, 0.05) is 18.5 Å². The number of thioether (sulfide) groups is 1. The first-order chi connectivity index (χ1) is 8.20. The fraction of sp³-hybridized carbons (Fsp3) is 0.250. The lowest BCUT2D eigenvalue weighted by molar-refractivity contribution is 0.785. The SMILES string of the molecule is C#Cc1cc(C(C)Sc2nncn2C)ccn1. The van der Waals surface area contributed by atoms with Crippen LogP contribution in [0.25, 0.3) is 0 Å². The second-order valence-corrected chi connectivity index (χ2v) is 4.91. The van der Waals surface area contributed by atoms with Crippen LogP contribution in [0.15, 0.2) is 29.8 Å². The molecule has 2 heterocycles. The van der Waals surface area contributed by atoms with Gasteiger partial charge < -0.3 is 4.57 Å². The van der Waals surface area contributed by atoms with Gasteiger partial charge in [-0.3, -0.25) is 0 Å². The molecule has 2 aromatic heterocycles. The molecule has 4 nitrogen and oxygen atoms in total. The Hall–Kier alpha value is -1.80. The van der Waals surface area contributed by atoms with Crippen molar-refractivity contribution < 1.29 is 0 Å². The largest absolute Gasteiger partial charge is 0.312 e. The van der Waals surface area contributed by atoms with Crippen molar-refractivity contribution in [2.75, 3.05) is 0 Å². The topological polar surface area (TPSA) is 43.6 Å². The first-order valence-corrected chi connectivity index (χ1v) is 6.02. The second kappa shape index (κ2) is 5.02. The molecule has 86 valence electrons. The van der Waals surface area contributed by atoms with E-state index in [0.29, 0.717) is 5.69 Å². The molecule has 0 amide bonds. The van der Waals surface area contributed by atoms with Gasteiger partial charge in [0.25, 0.3) is 0 Å². The Balaban J connectivity index is 2.17. The van der Waals surface area contributed by atoms with E-state index in [4.69, 9.17) is 6.42 Å². The van der Waals surface area contributed by atoms with Crippen LogP contribution in [0.3, 0.4) is 0 Å². The van der Waals surface area contributed by atoms with E-state index in [1.807, 2.05) is 23.7 Å². The maximum Gasteiger partial charge on any atom is 0.191 e. The van der Waals surface area contributed by atoms with E-state index in [0.717, 1.165) is 10.7 Å². The fourth-order valence-corrected chi connectivity index (χ4v) is 2.29. The van der Waals surface area contributed by atoms with Crippen molar-refractivity contribution in [2.45, 2.75) is 17.3 Å². The summed E-state index contributed by atoms with van der Waals surface area (Å²) in [6, 6.07) is 3.89. The van der Waals surface area contributed by atoms with Gasteiger partial charge in [0.15, 0.2) is 5.16 Å². The van der Waals surface area contributed by atoms with Crippen molar-refractivity contribution in [3.8, 4) is 12.3 Å². The highest BCUT2D eigenvalue weighted by Crippen LogP contribution is 2.32. The smallest absolute Gasteiger partial charge is 0.191 e. The predicted octanol–water partition coefficient (Wildman–Crippen LogP) is 2.04. The first-order valence-electron chi connectivity index (χ1n) is 5.14. The molecule has 0 bridgehead atoms. The Morgan fingerprint density at radius 3 is 3.00 bits per heavy atom. The first kappa shape index (κ1) is 11.7. The van der Waals surface area contributed by atoms with Gasteiger partial charge in [-0.25, -0.2) is 4.98 Å². The van der Waals surface area contributed by atoms with Crippen LogP contribution < -0.4 is 0 Å². The van der Waals surface area contributed by atoms with Crippen LogP contribution in [0, 0.1) is 12.3 Å². The molecule has 2 rings (SSSR count). The van der Waals surface area contributed by atoms with Gasteiger partial charge in [-0.2, -0.15) is 0 Å². The fourth-order valence-electron chi connectivity index (χ4n) is 1.38. The number of nitrogens with zero attached hydrogens (tertiary/aromatic N) is 4. The Bertz CT molecular complexity index is 556. The lowest BCUT2D eigenvalue weighted by atomic mass is 10.2. The molecular formula is C12H12N4S. The van der Waals surface area contributed by atoms with Gasteiger partial charge in [-0.15, -0.1) is 16.6 Å². The molecule has 0 radical (unpaired) electrons. The maximum atomic E-state index is 5.33. The van der Waals surface area contributed by atoms with Crippen molar-refractivity contribution in [3.05, 3.63) is 35.9 Å². The van der Waals surface area contributed by atoms with E-state index in [1.165, 1.54) is 0 Å². The number of pyridine rings is 1. The Labute approximate surface area is 104 Å². The van der Waals surface area contributed by atoms with Crippen LogP contribution in [0.1, 0.15) is 23.4 Å².